The van der Waals surface area contributed by atoms with Crippen molar-refractivity contribution >= 4 is 5.91 Å². The highest BCUT2D eigenvalue weighted by Crippen LogP contribution is 2.36. The zero-order chi connectivity index (χ0) is 13.3. The van der Waals surface area contributed by atoms with Crippen LogP contribution in [-0.2, 0) is 4.79 Å². The summed E-state index contributed by atoms with van der Waals surface area (Å²) in [5.41, 5.74) is 9.55. The lowest BCUT2D eigenvalue weighted by molar-refractivity contribution is -0.183. The van der Waals surface area contributed by atoms with Gasteiger partial charge in [-0.1, -0.05) is 0 Å². The van der Waals surface area contributed by atoms with Crippen LogP contribution in [0.5, 0.6) is 0 Å². The van der Waals surface area contributed by atoms with Gasteiger partial charge in [0.05, 0.1) is 5.41 Å². The van der Waals surface area contributed by atoms with E-state index in [1.165, 1.54) is 4.90 Å². The minimum atomic E-state index is -4.32. The quantitative estimate of drug-likeness (QED) is 0.764. The van der Waals surface area contributed by atoms with Crippen LogP contribution in [0, 0.1) is 5.41 Å². The molecule has 1 fully saturated rings. The Balaban J connectivity index is 2.77. The lowest BCUT2D eigenvalue weighted by Crippen LogP contribution is -2.47. The van der Waals surface area contributed by atoms with Gasteiger partial charge in [-0.25, -0.2) is 0 Å². The second-order valence-corrected chi connectivity index (χ2v) is 4.78. The third-order valence-corrected chi connectivity index (χ3v) is 3.36. The summed E-state index contributed by atoms with van der Waals surface area (Å²) in [6, 6.07) is -1.58. The first-order chi connectivity index (χ1) is 7.70. The highest BCUT2D eigenvalue weighted by atomic mass is 19.4. The first-order valence-electron chi connectivity index (χ1n) is 5.51. The van der Waals surface area contributed by atoms with Crippen LogP contribution in [-0.4, -0.2) is 42.7 Å². The van der Waals surface area contributed by atoms with Crippen LogP contribution < -0.4 is 11.5 Å². The maximum Gasteiger partial charge on any atom is 0.404 e. The highest BCUT2D eigenvalue weighted by Gasteiger charge is 2.49. The summed E-state index contributed by atoms with van der Waals surface area (Å²) >= 11 is 0. The molecule has 1 saturated heterocycles. The van der Waals surface area contributed by atoms with Crippen LogP contribution in [0.1, 0.15) is 19.8 Å². The molecule has 100 valence electrons. The second kappa shape index (κ2) is 4.81. The Bertz CT molecular complexity index is 295. The van der Waals surface area contributed by atoms with Gasteiger partial charge in [0.15, 0.2) is 0 Å². The van der Waals surface area contributed by atoms with E-state index in [1.807, 2.05) is 0 Å². The number of amides is 1. The standard InChI is InChI=1S/C10H18F3N3O/c1-9(8(15)17)3-5-16(6-9)7(2-4-14)10(11,12)13/h7H,2-6,14H2,1H3,(H2,15,17). The van der Waals surface area contributed by atoms with Gasteiger partial charge in [0.25, 0.3) is 0 Å². The van der Waals surface area contributed by atoms with Crippen molar-refractivity contribution in [2.75, 3.05) is 19.6 Å². The van der Waals surface area contributed by atoms with Crippen molar-refractivity contribution in [1.29, 1.82) is 0 Å². The molecule has 0 aromatic carbocycles. The van der Waals surface area contributed by atoms with Gasteiger partial charge in [0, 0.05) is 6.54 Å². The number of halogens is 3. The number of rotatable bonds is 4. The fourth-order valence-corrected chi connectivity index (χ4v) is 2.17. The van der Waals surface area contributed by atoms with E-state index in [4.69, 9.17) is 11.5 Å². The molecule has 4 nitrogen and oxygen atoms in total. The van der Waals surface area contributed by atoms with E-state index in [9.17, 15) is 18.0 Å². The average molecular weight is 253 g/mol. The Morgan fingerprint density at radius 2 is 2.12 bits per heavy atom. The number of hydrogen-bond donors (Lipinski definition) is 2. The maximum absolute atomic E-state index is 12.8. The van der Waals surface area contributed by atoms with Gasteiger partial charge in [-0.05, 0) is 32.9 Å². The van der Waals surface area contributed by atoms with E-state index in [0.29, 0.717) is 6.42 Å². The molecule has 1 aliphatic heterocycles. The molecule has 4 N–H and O–H groups in total. The van der Waals surface area contributed by atoms with Crippen molar-refractivity contribution in [2.24, 2.45) is 16.9 Å². The Labute approximate surface area is 98.1 Å². The number of carbonyl (C=O) groups is 1. The molecule has 0 spiro atoms. The zero-order valence-corrected chi connectivity index (χ0v) is 9.76. The normalized spacial score (nSPS) is 28.3. The van der Waals surface area contributed by atoms with Gasteiger partial charge < -0.3 is 11.5 Å². The third-order valence-electron chi connectivity index (χ3n) is 3.36. The molecule has 2 unspecified atom stereocenters. The summed E-state index contributed by atoms with van der Waals surface area (Å²) in [7, 11) is 0. The van der Waals surface area contributed by atoms with Gasteiger partial charge in [-0.15, -0.1) is 0 Å². The Hall–Kier alpha value is -0.820. The minimum absolute atomic E-state index is 0.0338. The number of primary amides is 1. The van der Waals surface area contributed by atoms with Gasteiger partial charge >= 0.3 is 6.18 Å². The van der Waals surface area contributed by atoms with Crippen LogP contribution in [0.4, 0.5) is 13.2 Å². The van der Waals surface area contributed by atoms with Gasteiger partial charge in [0.2, 0.25) is 5.91 Å². The molecule has 1 aliphatic rings. The molecule has 0 bridgehead atoms. The Morgan fingerprint density at radius 1 is 1.53 bits per heavy atom. The van der Waals surface area contributed by atoms with Crippen LogP contribution in [0.15, 0.2) is 0 Å². The monoisotopic (exact) mass is 253 g/mol. The molecule has 0 saturated carbocycles. The molecule has 0 aromatic rings. The van der Waals surface area contributed by atoms with Gasteiger partial charge in [-0.2, -0.15) is 13.2 Å². The second-order valence-electron chi connectivity index (χ2n) is 4.78. The van der Waals surface area contributed by atoms with Gasteiger partial charge in [0.1, 0.15) is 6.04 Å². The van der Waals surface area contributed by atoms with Crippen LogP contribution in [0.25, 0.3) is 0 Å². The summed E-state index contributed by atoms with van der Waals surface area (Å²) in [4.78, 5) is 12.5. The predicted molar refractivity (Wildman–Crippen MR) is 57.0 cm³/mol. The van der Waals surface area contributed by atoms with E-state index >= 15 is 0 Å². The number of nitrogens with zero attached hydrogens (tertiary/aromatic N) is 1. The molecule has 1 rings (SSSR count). The van der Waals surface area contributed by atoms with E-state index in [2.05, 4.69) is 0 Å². The number of carbonyl (C=O) groups excluding carboxylic acids is 1. The van der Waals surface area contributed by atoms with Crippen LogP contribution in [0.3, 0.4) is 0 Å². The van der Waals surface area contributed by atoms with Crippen molar-refractivity contribution in [1.82, 2.24) is 4.90 Å². The number of hydrogen-bond acceptors (Lipinski definition) is 3. The molecule has 7 heteroatoms. The molecule has 17 heavy (non-hydrogen) atoms. The molecular weight excluding hydrogens is 235 g/mol. The molecule has 0 aromatic heterocycles. The van der Waals surface area contributed by atoms with Crippen molar-refractivity contribution in [3.05, 3.63) is 0 Å². The van der Waals surface area contributed by atoms with E-state index < -0.39 is 23.5 Å². The third kappa shape index (κ3) is 3.10. The van der Waals surface area contributed by atoms with Crippen molar-refractivity contribution in [3.8, 4) is 0 Å². The van der Waals surface area contributed by atoms with Crippen molar-refractivity contribution < 1.29 is 18.0 Å². The molecule has 0 aliphatic carbocycles. The van der Waals surface area contributed by atoms with E-state index in [-0.39, 0.29) is 26.1 Å². The lowest BCUT2D eigenvalue weighted by Gasteiger charge is -2.30. The molecule has 1 amide bonds. The smallest absolute Gasteiger partial charge is 0.369 e. The van der Waals surface area contributed by atoms with Crippen LogP contribution in [0.2, 0.25) is 0 Å². The first kappa shape index (κ1) is 14.2. The topological polar surface area (TPSA) is 72.4 Å². The number of alkyl halides is 3. The Kier molecular flexibility index (Phi) is 4.03. The molecular formula is C10H18F3N3O. The van der Waals surface area contributed by atoms with E-state index in [1.54, 1.807) is 6.92 Å². The number of likely N-dealkylation sites (tertiary alicyclic amines) is 1. The molecule has 0 radical (unpaired) electrons. The summed E-state index contributed by atoms with van der Waals surface area (Å²) in [5.74, 6) is -0.548. The summed E-state index contributed by atoms with van der Waals surface area (Å²) < 4.78 is 38.4. The largest absolute Gasteiger partial charge is 0.404 e. The fourth-order valence-electron chi connectivity index (χ4n) is 2.17. The van der Waals surface area contributed by atoms with Crippen molar-refractivity contribution in [2.45, 2.75) is 32.0 Å². The average Bonchev–Trinajstić information content (AvgIpc) is 2.56. The first-order valence-corrected chi connectivity index (χ1v) is 5.51. The van der Waals surface area contributed by atoms with E-state index in [0.717, 1.165) is 0 Å². The van der Waals surface area contributed by atoms with Crippen LogP contribution >= 0.6 is 0 Å². The highest BCUT2D eigenvalue weighted by molar-refractivity contribution is 5.81. The number of nitrogens with two attached hydrogens (primary N) is 2. The predicted octanol–water partition coefficient (Wildman–Crippen LogP) is 0.463. The van der Waals surface area contributed by atoms with Crippen molar-refractivity contribution in [3.63, 3.8) is 0 Å². The summed E-state index contributed by atoms with van der Waals surface area (Å²) in [6.07, 6.45) is -4.11. The van der Waals surface area contributed by atoms with Gasteiger partial charge in [-0.3, -0.25) is 9.69 Å². The summed E-state index contributed by atoms with van der Waals surface area (Å²) in [6.45, 7) is 1.84. The molecule has 2 atom stereocenters. The minimum Gasteiger partial charge on any atom is -0.369 e. The summed E-state index contributed by atoms with van der Waals surface area (Å²) in [5, 5.41) is 0. The lowest BCUT2D eigenvalue weighted by atomic mass is 9.89. The fraction of sp³-hybridized carbons (Fsp3) is 0.900. The zero-order valence-electron chi connectivity index (χ0n) is 9.76. The molecule has 1 heterocycles. The maximum atomic E-state index is 12.8. The SMILES string of the molecule is CC1(C(N)=O)CCN(C(CCN)C(F)(F)F)C1. The Morgan fingerprint density at radius 3 is 2.47 bits per heavy atom.